The lowest BCUT2D eigenvalue weighted by molar-refractivity contribution is 0.102. The second-order valence-electron chi connectivity index (χ2n) is 10.2. The number of benzene rings is 1. The number of rotatable bonds is 7. The van der Waals surface area contributed by atoms with Gasteiger partial charge in [0.15, 0.2) is 5.69 Å². The van der Waals surface area contributed by atoms with Crippen LogP contribution in [-0.2, 0) is 13.1 Å². The lowest BCUT2D eigenvalue weighted by Crippen LogP contribution is -2.36. The van der Waals surface area contributed by atoms with Crippen LogP contribution in [0.25, 0.3) is 22.0 Å². The average molecular weight is 496 g/mol. The van der Waals surface area contributed by atoms with Crippen molar-refractivity contribution in [1.82, 2.24) is 30.0 Å². The van der Waals surface area contributed by atoms with Gasteiger partial charge in [-0.2, -0.15) is 5.10 Å². The van der Waals surface area contributed by atoms with E-state index in [-0.39, 0.29) is 5.91 Å². The highest BCUT2D eigenvalue weighted by Crippen LogP contribution is 2.27. The molecule has 0 atom stereocenters. The lowest BCUT2D eigenvalue weighted by atomic mass is 10.0. The summed E-state index contributed by atoms with van der Waals surface area (Å²) in [5.41, 5.74) is 6.19. The highest BCUT2D eigenvalue weighted by molar-refractivity contribution is 6.11. The van der Waals surface area contributed by atoms with Gasteiger partial charge in [-0.1, -0.05) is 18.9 Å². The van der Waals surface area contributed by atoms with E-state index in [1.165, 1.54) is 37.7 Å². The van der Waals surface area contributed by atoms with Crippen molar-refractivity contribution in [1.29, 1.82) is 0 Å². The third kappa shape index (κ3) is 5.55. The van der Waals surface area contributed by atoms with Crippen LogP contribution in [0.1, 0.15) is 53.8 Å². The van der Waals surface area contributed by atoms with Crippen molar-refractivity contribution < 1.29 is 4.79 Å². The molecular weight excluding hydrogens is 462 g/mol. The van der Waals surface area contributed by atoms with E-state index in [1.54, 1.807) is 6.20 Å². The van der Waals surface area contributed by atoms with Crippen molar-refractivity contribution in [3.63, 3.8) is 0 Å². The van der Waals surface area contributed by atoms with Gasteiger partial charge < -0.3 is 5.32 Å². The molecule has 3 aromatic heterocycles. The summed E-state index contributed by atoms with van der Waals surface area (Å²) in [4.78, 5) is 27.1. The largest absolute Gasteiger partial charge is 0.320 e. The zero-order chi connectivity index (χ0) is 25.0. The van der Waals surface area contributed by atoms with Crippen LogP contribution in [0.15, 0.2) is 55.0 Å². The van der Waals surface area contributed by atoms with E-state index < -0.39 is 0 Å². The highest BCUT2D eigenvalue weighted by atomic mass is 16.1. The van der Waals surface area contributed by atoms with Crippen LogP contribution in [0.2, 0.25) is 0 Å². The number of fused-ring (bicyclic) bond motifs is 1. The molecule has 0 aliphatic carbocycles. The molecular formula is C29H33N7O. The van der Waals surface area contributed by atoms with E-state index in [0.29, 0.717) is 5.69 Å². The first-order valence-electron chi connectivity index (χ1n) is 13.3. The molecule has 8 heteroatoms. The topological polar surface area (TPSA) is 90.0 Å². The minimum atomic E-state index is -0.238. The quantitative estimate of drug-likeness (QED) is 0.381. The zero-order valence-corrected chi connectivity index (χ0v) is 21.1. The van der Waals surface area contributed by atoms with E-state index in [9.17, 15) is 4.79 Å². The fourth-order valence-electron chi connectivity index (χ4n) is 5.25. The van der Waals surface area contributed by atoms with Crippen LogP contribution in [-0.4, -0.2) is 62.1 Å². The smallest absolute Gasteiger partial charge is 0.276 e. The Morgan fingerprint density at radius 1 is 0.865 bits per heavy atom. The molecule has 0 unspecified atom stereocenters. The Hall–Kier alpha value is -3.62. The van der Waals surface area contributed by atoms with Gasteiger partial charge >= 0.3 is 0 Å². The summed E-state index contributed by atoms with van der Waals surface area (Å²) in [5, 5.41) is 11.1. The monoisotopic (exact) mass is 495 g/mol. The van der Waals surface area contributed by atoms with Gasteiger partial charge in [-0.05, 0) is 86.9 Å². The van der Waals surface area contributed by atoms with Gasteiger partial charge in [-0.3, -0.25) is 29.7 Å². The van der Waals surface area contributed by atoms with Gasteiger partial charge in [0.25, 0.3) is 5.91 Å². The SMILES string of the molecule is O=C(Nc1ccnc(CN2CCC2)c1)c1n[nH]c2ccc(-c3cncc(CN4CCCCCC4)c3)cc12. The molecule has 5 heterocycles. The standard InChI is InChI=1S/C29H33N7O/c37-29(32-24-8-9-31-25(16-24)20-36-12-5-13-36)28-26-15-22(6-7-27(26)33-34-28)23-14-21(17-30-18-23)19-35-10-3-1-2-4-11-35/h6-9,14-18H,1-5,10-13,19-20H2,(H,33,34)(H,31,32,37). The normalized spacial score (nSPS) is 16.9. The summed E-state index contributed by atoms with van der Waals surface area (Å²) in [6.07, 6.45) is 12.0. The fourth-order valence-corrected chi connectivity index (χ4v) is 5.25. The minimum Gasteiger partial charge on any atom is -0.320 e. The molecule has 0 saturated carbocycles. The summed E-state index contributed by atoms with van der Waals surface area (Å²) in [6.45, 7) is 6.26. The van der Waals surface area contributed by atoms with Crippen molar-refractivity contribution in [2.24, 2.45) is 0 Å². The van der Waals surface area contributed by atoms with E-state index in [2.05, 4.69) is 47.4 Å². The molecule has 37 heavy (non-hydrogen) atoms. The van der Waals surface area contributed by atoms with Gasteiger partial charge in [0, 0.05) is 48.3 Å². The number of carbonyl (C=O) groups excluding carboxylic acids is 1. The Morgan fingerprint density at radius 3 is 2.49 bits per heavy atom. The number of anilines is 1. The first-order chi connectivity index (χ1) is 18.2. The van der Waals surface area contributed by atoms with Crippen LogP contribution in [0.4, 0.5) is 5.69 Å². The van der Waals surface area contributed by atoms with Crippen molar-refractivity contribution >= 4 is 22.5 Å². The Morgan fingerprint density at radius 2 is 1.68 bits per heavy atom. The van der Waals surface area contributed by atoms with Crippen LogP contribution in [0.5, 0.6) is 0 Å². The van der Waals surface area contributed by atoms with Gasteiger partial charge in [-0.15, -0.1) is 0 Å². The third-order valence-electron chi connectivity index (χ3n) is 7.42. The number of amides is 1. The first kappa shape index (κ1) is 23.8. The molecule has 0 radical (unpaired) electrons. The molecule has 4 aromatic rings. The Balaban J connectivity index is 1.20. The van der Waals surface area contributed by atoms with Gasteiger partial charge in [0.2, 0.25) is 0 Å². The van der Waals surface area contributed by atoms with Crippen molar-refractivity contribution in [3.05, 3.63) is 71.9 Å². The number of carbonyl (C=O) groups is 1. The van der Waals surface area contributed by atoms with E-state index in [0.717, 1.165) is 72.7 Å². The predicted octanol–water partition coefficient (Wildman–Crippen LogP) is 4.85. The maximum atomic E-state index is 13.2. The molecule has 2 fully saturated rings. The molecule has 2 N–H and O–H groups in total. The fraction of sp³-hybridized carbons (Fsp3) is 0.379. The van der Waals surface area contributed by atoms with Gasteiger partial charge in [0.05, 0.1) is 11.2 Å². The molecule has 2 aliphatic heterocycles. The second kappa shape index (κ2) is 10.8. The summed E-state index contributed by atoms with van der Waals surface area (Å²) < 4.78 is 0. The molecule has 8 nitrogen and oxygen atoms in total. The summed E-state index contributed by atoms with van der Waals surface area (Å²) in [7, 11) is 0. The molecule has 2 aliphatic rings. The number of aromatic nitrogens is 4. The number of nitrogens with zero attached hydrogens (tertiary/aromatic N) is 5. The number of hydrogen-bond acceptors (Lipinski definition) is 6. The number of H-pyrrole nitrogens is 1. The maximum absolute atomic E-state index is 13.2. The third-order valence-corrected chi connectivity index (χ3v) is 7.42. The van der Waals surface area contributed by atoms with E-state index >= 15 is 0 Å². The molecule has 1 aromatic carbocycles. The molecule has 2 saturated heterocycles. The summed E-state index contributed by atoms with van der Waals surface area (Å²) in [6, 6.07) is 12.0. The lowest BCUT2D eigenvalue weighted by Gasteiger charge is -2.30. The molecule has 0 spiro atoms. The Labute approximate surface area is 217 Å². The van der Waals surface area contributed by atoms with E-state index in [1.807, 2.05) is 36.7 Å². The molecule has 0 bridgehead atoms. The Kier molecular flexibility index (Phi) is 6.92. The minimum absolute atomic E-state index is 0.238. The maximum Gasteiger partial charge on any atom is 0.276 e. The van der Waals surface area contributed by atoms with Crippen LogP contribution >= 0.6 is 0 Å². The number of nitrogens with one attached hydrogen (secondary N) is 2. The molecule has 6 rings (SSSR count). The number of aromatic amines is 1. The highest BCUT2D eigenvalue weighted by Gasteiger charge is 2.18. The van der Waals surface area contributed by atoms with Gasteiger partial charge in [-0.25, -0.2) is 0 Å². The van der Waals surface area contributed by atoms with Gasteiger partial charge in [0.1, 0.15) is 0 Å². The van der Waals surface area contributed by atoms with Crippen molar-refractivity contribution in [3.8, 4) is 11.1 Å². The molecule has 1 amide bonds. The van der Waals surface area contributed by atoms with Crippen LogP contribution in [0, 0.1) is 0 Å². The van der Waals surface area contributed by atoms with E-state index in [4.69, 9.17) is 0 Å². The number of hydrogen-bond donors (Lipinski definition) is 2. The van der Waals surface area contributed by atoms with Crippen LogP contribution in [0.3, 0.4) is 0 Å². The zero-order valence-electron chi connectivity index (χ0n) is 21.1. The first-order valence-corrected chi connectivity index (χ1v) is 13.3. The average Bonchev–Trinajstić information content (AvgIpc) is 3.15. The second-order valence-corrected chi connectivity index (χ2v) is 10.2. The number of pyridine rings is 2. The predicted molar refractivity (Wildman–Crippen MR) is 145 cm³/mol. The summed E-state index contributed by atoms with van der Waals surface area (Å²) >= 11 is 0. The van der Waals surface area contributed by atoms with Crippen molar-refractivity contribution in [2.45, 2.75) is 45.2 Å². The van der Waals surface area contributed by atoms with Crippen LogP contribution < -0.4 is 5.32 Å². The number of likely N-dealkylation sites (tertiary alicyclic amines) is 2. The molecule has 190 valence electrons. The van der Waals surface area contributed by atoms with Crippen molar-refractivity contribution in [2.75, 3.05) is 31.5 Å². The summed E-state index contributed by atoms with van der Waals surface area (Å²) in [5.74, 6) is -0.238. The Bertz CT molecular complexity index is 1390.